The Hall–Kier alpha value is -0.890. The van der Waals surface area contributed by atoms with Crippen molar-refractivity contribution < 1.29 is 14.3 Å². The Bertz CT molecular complexity index is 391. The number of hydrogen-bond acceptors (Lipinski definition) is 4. The van der Waals surface area contributed by atoms with Gasteiger partial charge in [0.15, 0.2) is 0 Å². The van der Waals surface area contributed by atoms with E-state index in [9.17, 15) is 14.9 Å². The Labute approximate surface area is 135 Å². The first-order valence-corrected chi connectivity index (χ1v) is 8.92. The second-order valence-electron chi connectivity index (χ2n) is 5.53. The van der Waals surface area contributed by atoms with Crippen molar-refractivity contribution >= 4 is 27.7 Å². The second kappa shape index (κ2) is 9.94. The molecule has 0 aromatic heterocycles. The molecule has 0 aliphatic heterocycles. The molecule has 0 N–H and O–H groups in total. The van der Waals surface area contributed by atoms with Crippen molar-refractivity contribution in [2.75, 3.05) is 11.9 Å². The summed E-state index contributed by atoms with van der Waals surface area (Å²) in [4.78, 5) is 24.4. The molecule has 5 heteroatoms. The Morgan fingerprint density at radius 3 is 2.86 bits per heavy atom. The van der Waals surface area contributed by atoms with Crippen molar-refractivity contribution in [2.24, 2.45) is 17.8 Å². The van der Waals surface area contributed by atoms with E-state index in [4.69, 9.17) is 4.74 Å². The zero-order valence-corrected chi connectivity index (χ0v) is 14.2. The van der Waals surface area contributed by atoms with Gasteiger partial charge in [0, 0.05) is 11.8 Å². The molecule has 0 radical (unpaired) electrons. The van der Waals surface area contributed by atoms with Crippen LogP contribution in [0.4, 0.5) is 0 Å². The van der Waals surface area contributed by atoms with Gasteiger partial charge in [-0.2, -0.15) is 5.26 Å². The van der Waals surface area contributed by atoms with Gasteiger partial charge in [0.25, 0.3) is 0 Å². The van der Waals surface area contributed by atoms with Crippen LogP contribution in [0.1, 0.15) is 51.9 Å². The molecule has 0 spiro atoms. The summed E-state index contributed by atoms with van der Waals surface area (Å²) in [5, 5.41) is 10.2. The smallest absolute Gasteiger partial charge is 0.309 e. The predicted molar refractivity (Wildman–Crippen MR) is 83.8 cm³/mol. The molecule has 1 fully saturated rings. The van der Waals surface area contributed by atoms with E-state index in [0.29, 0.717) is 19.4 Å². The fourth-order valence-corrected chi connectivity index (χ4v) is 3.40. The minimum Gasteiger partial charge on any atom is -0.466 e. The summed E-state index contributed by atoms with van der Waals surface area (Å²) in [6, 6.07) is 2.16. The monoisotopic (exact) mass is 357 g/mol. The highest BCUT2D eigenvalue weighted by molar-refractivity contribution is 9.09. The van der Waals surface area contributed by atoms with Gasteiger partial charge in [-0.15, -0.1) is 0 Å². The number of alkyl halides is 1. The largest absolute Gasteiger partial charge is 0.466 e. The summed E-state index contributed by atoms with van der Waals surface area (Å²) in [5.74, 6) is -1.45. The van der Waals surface area contributed by atoms with Crippen LogP contribution in [-0.2, 0) is 14.3 Å². The van der Waals surface area contributed by atoms with Crippen LogP contribution in [0.2, 0.25) is 0 Å². The number of hydrogen-bond donors (Lipinski definition) is 0. The van der Waals surface area contributed by atoms with Gasteiger partial charge in [0.2, 0.25) is 0 Å². The maximum absolute atomic E-state index is 12.3. The standard InChI is InChI=1S/C16H24BrNO3/c1-2-21-16(20)13(8-6-10-17)12-7-4-3-5-9-15(19)14(12)11-18/h12-14H,2-10H2,1H3. The van der Waals surface area contributed by atoms with Gasteiger partial charge < -0.3 is 4.74 Å². The number of ketones is 1. The van der Waals surface area contributed by atoms with E-state index in [-0.39, 0.29) is 23.6 Å². The summed E-state index contributed by atoms with van der Waals surface area (Å²) >= 11 is 3.38. The van der Waals surface area contributed by atoms with Gasteiger partial charge in [-0.1, -0.05) is 28.8 Å². The Kier molecular flexibility index (Phi) is 8.60. The third-order valence-electron chi connectivity index (χ3n) is 4.13. The van der Waals surface area contributed by atoms with Crippen molar-refractivity contribution in [2.45, 2.75) is 51.9 Å². The van der Waals surface area contributed by atoms with E-state index in [2.05, 4.69) is 22.0 Å². The molecule has 0 saturated heterocycles. The molecule has 4 nitrogen and oxygen atoms in total. The first-order valence-electron chi connectivity index (χ1n) is 7.80. The summed E-state index contributed by atoms with van der Waals surface area (Å²) < 4.78 is 5.18. The molecule has 21 heavy (non-hydrogen) atoms. The first-order chi connectivity index (χ1) is 10.2. The lowest BCUT2D eigenvalue weighted by Crippen LogP contribution is -2.35. The maximum atomic E-state index is 12.3. The predicted octanol–water partition coefficient (Wildman–Crippen LogP) is 3.63. The summed E-state index contributed by atoms with van der Waals surface area (Å²) in [7, 11) is 0. The molecule has 0 aromatic carbocycles. The van der Waals surface area contributed by atoms with Crippen LogP contribution in [0.3, 0.4) is 0 Å². The zero-order valence-electron chi connectivity index (χ0n) is 12.6. The van der Waals surface area contributed by atoms with Crippen molar-refractivity contribution in [3.8, 4) is 6.07 Å². The SMILES string of the molecule is CCOC(=O)C(CCCBr)C1CCCCCC(=O)C1C#N. The van der Waals surface area contributed by atoms with E-state index in [1.54, 1.807) is 6.92 Å². The van der Waals surface area contributed by atoms with Crippen molar-refractivity contribution in [1.82, 2.24) is 0 Å². The lowest BCUT2D eigenvalue weighted by molar-refractivity contribution is -0.151. The minimum absolute atomic E-state index is 0.00431. The molecule has 118 valence electrons. The van der Waals surface area contributed by atoms with Gasteiger partial charge in [-0.05, 0) is 38.5 Å². The van der Waals surface area contributed by atoms with Crippen LogP contribution in [-0.4, -0.2) is 23.7 Å². The molecule has 3 unspecified atom stereocenters. The number of esters is 1. The van der Waals surface area contributed by atoms with Gasteiger partial charge in [0.05, 0.1) is 18.6 Å². The molecule has 0 amide bonds. The third kappa shape index (κ3) is 5.43. The number of rotatable bonds is 6. The molecule has 3 atom stereocenters. The Morgan fingerprint density at radius 1 is 1.48 bits per heavy atom. The lowest BCUT2D eigenvalue weighted by atomic mass is 9.73. The van der Waals surface area contributed by atoms with E-state index in [1.807, 2.05) is 0 Å². The number of nitrogens with zero attached hydrogens (tertiary/aromatic N) is 1. The normalized spacial score (nSPS) is 24.5. The van der Waals surface area contributed by atoms with Gasteiger partial charge in [0.1, 0.15) is 11.7 Å². The molecular weight excluding hydrogens is 334 g/mol. The van der Waals surface area contributed by atoms with Gasteiger partial charge >= 0.3 is 5.97 Å². The van der Waals surface area contributed by atoms with E-state index in [0.717, 1.165) is 37.4 Å². The molecule has 1 saturated carbocycles. The summed E-state index contributed by atoms with van der Waals surface area (Å²) in [5.41, 5.74) is 0. The highest BCUT2D eigenvalue weighted by atomic mass is 79.9. The lowest BCUT2D eigenvalue weighted by Gasteiger charge is -2.30. The minimum atomic E-state index is -0.657. The maximum Gasteiger partial charge on any atom is 0.309 e. The number of carbonyl (C=O) groups excluding carboxylic acids is 2. The quantitative estimate of drug-likeness (QED) is 0.537. The Morgan fingerprint density at radius 2 is 2.24 bits per heavy atom. The van der Waals surface area contributed by atoms with Crippen LogP contribution in [0.25, 0.3) is 0 Å². The topological polar surface area (TPSA) is 67.2 Å². The molecular formula is C16H24BrNO3. The van der Waals surface area contributed by atoms with Crippen LogP contribution in [0.5, 0.6) is 0 Å². The fraction of sp³-hybridized carbons (Fsp3) is 0.812. The van der Waals surface area contributed by atoms with E-state index in [1.165, 1.54) is 0 Å². The number of halogens is 1. The average molecular weight is 358 g/mol. The summed E-state index contributed by atoms with van der Waals surface area (Å²) in [6.07, 6.45) is 5.55. The highest BCUT2D eigenvalue weighted by Crippen LogP contribution is 2.34. The molecule has 1 aliphatic rings. The van der Waals surface area contributed by atoms with Crippen LogP contribution in [0.15, 0.2) is 0 Å². The van der Waals surface area contributed by atoms with Crippen LogP contribution >= 0.6 is 15.9 Å². The number of Topliss-reactive ketones (excluding diaryl/α,β-unsaturated/α-hetero) is 1. The van der Waals surface area contributed by atoms with Crippen molar-refractivity contribution in [1.29, 1.82) is 5.26 Å². The van der Waals surface area contributed by atoms with Crippen molar-refractivity contribution in [3.63, 3.8) is 0 Å². The molecule has 1 rings (SSSR count). The van der Waals surface area contributed by atoms with Crippen molar-refractivity contribution in [3.05, 3.63) is 0 Å². The fourth-order valence-electron chi connectivity index (χ4n) is 3.07. The van der Waals surface area contributed by atoms with E-state index < -0.39 is 5.92 Å². The first kappa shape index (κ1) is 18.2. The second-order valence-corrected chi connectivity index (χ2v) is 6.32. The highest BCUT2D eigenvalue weighted by Gasteiger charge is 2.38. The number of carbonyl (C=O) groups is 2. The molecule has 0 bridgehead atoms. The summed E-state index contributed by atoms with van der Waals surface area (Å²) in [6.45, 7) is 2.12. The zero-order chi connectivity index (χ0) is 15.7. The molecule has 1 aliphatic carbocycles. The molecule has 0 heterocycles. The average Bonchev–Trinajstić information content (AvgIpc) is 2.45. The number of nitriles is 1. The van der Waals surface area contributed by atoms with Gasteiger partial charge in [-0.25, -0.2) is 0 Å². The van der Waals surface area contributed by atoms with Crippen LogP contribution in [0, 0.1) is 29.1 Å². The Balaban J connectivity index is 2.95. The third-order valence-corrected chi connectivity index (χ3v) is 4.69. The molecule has 0 aromatic rings. The van der Waals surface area contributed by atoms with Crippen LogP contribution < -0.4 is 0 Å². The number of ether oxygens (including phenoxy) is 1. The van der Waals surface area contributed by atoms with E-state index >= 15 is 0 Å². The van der Waals surface area contributed by atoms with Gasteiger partial charge in [-0.3, -0.25) is 9.59 Å².